The van der Waals surface area contributed by atoms with E-state index in [0.29, 0.717) is 6.61 Å². The third-order valence-corrected chi connectivity index (χ3v) is 4.12. The molecular weight excluding hydrogens is 262 g/mol. The van der Waals surface area contributed by atoms with E-state index < -0.39 is 0 Å². The molecule has 1 heterocycles. The molecule has 4 rings (SSSR count). The smallest absolute Gasteiger partial charge is 0.201 e. The largest absolute Gasteiger partial charge is 0.489 e. The fourth-order valence-electron chi connectivity index (χ4n) is 2.40. The van der Waals surface area contributed by atoms with Crippen LogP contribution in [0.25, 0.3) is 11.1 Å². The lowest BCUT2D eigenvalue weighted by Crippen LogP contribution is -1.98. The van der Waals surface area contributed by atoms with Crippen LogP contribution in [-0.4, -0.2) is 4.98 Å². The minimum absolute atomic E-state index is 0.157. The number of oxazole rings is 1. The number of nitrogens with zero attached hydrogens (tertiary/aromatic N) is 1. The van der Waals surface area contributed by atoms with E-state index in [9.17, 15) is 0 Å². The molecule has 1 aliphatic rings. The number of aromatic nitrogens is 1. The lowest BCUT2D eigenvalue weighted by atomic mass is 10.1. The highest BCUT2D eigenvalue weighted by Gasteiger charge is 2.43. The maximum atomic E-state index is 5.85. The molecule has 1 aromatic heterocycles. The second-order valence-corrected chi connectivity index (χ2v) is 5.98. The maximum absolute atomic E-state index is 5.85. The summed E-state index contributed by atoms with van der Waals surface area (Å²) in [6.07, 6.45) is 2.33. The molecule has 21 heavy (non-hydrogen) atoms. The molecule has 0 unspecified atom stereocenters. The van der Waals surface area contributed by atoms with E-state index in [2.05, 4.69) is 24.0 Å². The molecule has 0 N–H and O–H groups in total. The van der Waals surface area contributed by atoms with Crippen molar-refractivity contribution in [2.24, 2.45) is 0 Å². The molecule has 0 radical (unpaired) electrons. The van der Waals surface area contributed by atoms with Gasteiger partial charge in [0.1, 0.15) is 17.9 Å². The molecule has 0 amide bonds. The van der Waals surface area contributed by atoms with E-state index in [1.807, 2.05) is 36.4 Å². The average molecular weight is 279 g/mol. The van der Waals surface area contributed by atoms with Gasteiger partial charge in [0.2, 0.25) is 5.89 Å². The minimum Gasteiger partial charge on any atom is -0.489 e. The van der Waals surface area contributed by atoms with Gasteiger partial charge in [0.25, 0.3) is 0 Å². The summed E-state index contributed by atoms with van der Waals surface area (Å²) >= 11 is 0. The summed E-state index contributed by atoms with van der Waals surface area (Å²) in [5, 5.41) is 0. The summed E-state index contributed by atoms with van der Waals surface area (Å²) in [6.45, 7) is 2.76. The maximum Gasteiger partial charge on any atom is 0.201 e. The summed E-state index contributed by atoms with van der Waals surface area (Å²) in [6, 6.07) is 16.0. The fraction of sp³-hybridized carbons (Fsp3) is 0.278. The van der Waals surface area contributed by atoms with E-state index in [4.69, 9.17) is 9.15 Å². The highest BCUT2D eigenvalue weighted by atomic mass is 16.5. The normalized spacial score (nSPS) is 16.0. The van der Waals surface area contributed by atoms with Gasteiger partial charge in [-0.15, -0.1) is 0 Å². The van der Waals surface area contributed by atoms with Crippen molar-refractivity contribution in [1.29, 1.82) is 0 Å². The summed E-state index contributed by atoms with van der Waals surface area (Å²) in [4.78, 5) is 4.62. The molecule has 0 spiro atoms. The van der Waals surface area contributed by atoms with Crippen molar-refractivity contribution in [3.05, 3.63) is 60.0 Å². The molecule has 1 fully saturated rings. The summed E-state index contributed by atoms with van der Waals surface area (Å²) in [5.74, 6) is 1.69. The molecule has 3 heteroatoms. The van der Waals surface area contributed by atoms with E-state index in [0.717, 1.165) is 41.1 Å². The van der Waals surface area contributed by atoms with Crippen LogP contribution in [0.1, 0.15) is 31.2 Å². The summed E-state index contributed by atoms with van der Waals surface area (Å²) in [5.41, 5.74) is 3.03. The summed E-state index contributed by atoms with van der Waals surface area (Å²) < 4.78 is 11.7. The predicted octanol–water partition coefficient (Wildman–Crippen LogP) is 4.46. The Hall–Kier alpha value is -2.29. The second-order valence-electron chi connectivity index (χ2n) is 5.98. The Kier molecular flexibility index (Phi) is 2.74. The van der Waals surface area contributed by atoms with Gasteiger partial charge in [-0.2, -0.15) is 0 Å². The number of fused-ring (bicyclic) bond motifs is 1. The topological polar surface area (TPSA) is 35.3 Å². The molecule has 106 valence electrons. The third-order valence-electron chi connectivity index (χ3n) is 4.12. The zero-order valence-electron chi connectivity index (χ0n) is 12.0. The molecule has 2 aromatic carbocycles. The van der Waals surface area contributed by atoms with Crippen molar-refractivity contribution < 1.29 is 9.15 Å². The third kappa shape index (κ3) is 2.40. The van der Waals surface area contributed by atoms with Crippen LogP contribution in [0.3, 0.4) is 0 Å². The van der Waals surface area contributed by atoms with E-state index in [1.165, 1.54) is 0 Å². The Balaban J connectivity index is 1.56. The Morgan fingerprint density at radius 2 is 1.95 bits per heavy atom. The van der Waals surface area contributed by atoms with Gasteiger partial charge in [-0.05, 0) is 30.5 Å². The van der Waals surface area contributed by atoms with Gasteiger partial charge >= 0.3 is 0 Å². The lowest BCUT2D eigenvalue weighted by molar-refractivity contribution is 0.306. The van der Waals surface area contributed by atoms with Crippen LogP contribution in [-0.2, 0) is 12.0 Å². The Labute approximate surface area is 123 Å². The Bertz CT molecular complexity index is 772. The van der Waals surface area contributed by atoms with Crippen molar-refractivity contribution in [2.75, 3.05) is 0 Å². The van der Waals surface area contributed by atoms with Crippen molar-refractivity contribution in [3.63, 3.8) is 0 Å². The number of hydrogen-bond donors (Lipinski definition) is 0. The molecular formula is C18H17NO2. The van der Waals surface area contributed by atoms with Crippen LogP contribution >= 0.6 is 0 Å². The number of benzene rings is 2. The first-order chi connectivity index (χ1) is 10.2. The van der Waals surface area contributed by atoms with Gasteiger partial charge in [0, 0.05) is 11.5 Å². The fourth-order valence-corrected chi connectivity index (χ4v) is 2.40. The first kappa shape index (κ1) is 12.5. The van der Waals surface area contributed by atoms with Gasteiger partial charge in [-0.25, -0.2) is 4.98 Å². The molecule has 0 saturated heterocycles. The zero-order chi connectivity index (χ0) is 14.3. The zero-order valence-corrected chi connectivity index (χ0v) is 12.0. The highest BCUT2D eigenvalue weighted by Crippen LogP contribution is 2.47. The molecule has 3 nitrogen and oxygen atoms in total. The molecule has 1 aliphatic carbocycles. The SMILES string of the molecule is CC1(c2nc3cc(OCc4ccccc4)ccc3o2)CC1. The molecule has 3 aromatic rings. The monoisotopic (exact) mass is 279 g/mol. The highest BCUT2D eigenvalue weighted by molar-refractivity contribution is 5.74. The predicted molar refractivity (Wildman–Crippen MR) is 81.4 cm³/mol. The molecule has 1 saturated carbocycles. The average Bonchev–Trinajstić information content (AvgIpc) is 3.12. The Morgan fingerprint density at radius 3 is 2.71 bits per heavy atom. The first-order valence-electron chi connectivity index (χ1n) is 7.31. The molecule has 0 atom stereocenters. The van der Waals surface area contributed by atoms with Gasteiger partial charge in [-0.1, -0.05) is 37.3 Å². The van der Waals surface area contributed by atoms with E-state index in [-0.39, 0.29) is 5.41 Å². The number of hydrogen-bond acceptors (Lipinski definition) is 3. The van der Waals surface area contributed by atoms with Crippen LogP contribution in [0.2, 0.25) is 0 Å². The van der Waals surface area contributed by atoms with Crippen LogP contribution < -0.4 is 4.74 Å². The van der Waals surface area contributed by atoms with Crippen molar-refractivity contribution in [1.82, 2.24) is 4.98 Å². The number of ether oxygens (including phenoxy) is 1. The van der Waals surface area contributed by atoms with Crippen molar-refractivity contribution >= 4 is 11.1 Å². The van der Waals surface area contributed by atoms with Crippen LogP contribution in [0.4, 0.5) is 0 Å². The Morgan fingerprint density at radius 1 is 1.14 bits per heavy atom. The van der Waals surface area contributed by atoms with Gasteiger partial charge in [0.15, 0.2) is 5.58 Å². The van der Waals surface area contributed by atoms with Crippen molar-refractivity contribution in [2.45, 2.75) is 31.8 Å². The van der Waals surface area contributed by atoms with Crippen LogP contribution in [0, 0.1) is 0 Å². The van der Waals surface area contributed by atoms with E-state index in [1.54, 1.807) is 0 Å². The second kappa shape index (κ2) is 4.62. The standard InChI is InChI=1S/C18H17NO2/c1-18(9-10-18)17-19-15-11-14(7-8-16(15)21-17)20-12-13-5-3-2-4-6-13/h2-8,11H,9-10,12H2,1H3. The summed E-state index contributed by atoms with van der Waals surface area (Å²) in [7, 11) is 0. The van der Waals surface area contributed by atoms with Crippen molar-refractivity contribution in [3.8, 4) is 5.75 Å². The van der Waals surface area contributed by atoms with E-state index >= 15 is 0 Å². The number of rotatable bonds is 4. The first-order valence-corrected chi connectivity index (χ1v) is 7.31. The van der Waals surface area contributed by atoms with Gasteiger partial charge in [0.05, 0.1) is 0 Å². The van der Waals surface area contributed by atoms with Gasteiger partial charge in [-0.3, -0.25) is 0 Å². The lowest BCUT2D eigenvalue weighted by Gasteiger charge is -2.05. The van der Waals surface area contributed by atoms with Crippen LogP contribution in [0.5, 0.6) is 5.75 Å². The molecule has 0 bridgehead atoms. The minimum atomic E-state index is 0.157. The molecule has 0 aliphatic heterocycles. The quantitative estimate of drug-likeness (QED) is 0.707. The van der Waals surface area contributed by atoms with Crippen LogP contribution in [0.15, 0.2) is 52.9 Å². The van der Waals surface area contributed by atoms with Gasteiger partial charge < -0.3 is 9.15 Å².